The lowest BCUT2D eigenvalue weighted by Gasteiger charge is -2.02. The first-order valence-electron chi connectivity index (χ1n) is 5.91. The summed E-state index contributed by atoms with van der Waals surface area (Å²) in [6.07, 6.45) is 0.431. The molecular weight excluding hydrogens is 286 g/mol. The van der Waals surface area contributed by atoms with Crippen LogP contribution in [0.25, 0.3) is 11.0 Å². The van der Waals surface area contributed by atoms with E-state index in [0.717, 1.165) is 6.07 Å². The van der Waals surface area contributed by atoms with Crippen LogP contribution in [0.2, 0.25) is 0 Å². The van der Waals surface area contributed by atoms with Gasteiger partial charge in [0.1, 0.15) is 11.3 Å². The van der Waals surface area contributed by atoms with Crippen molar-refractivity contribution in [3.63, 3.8) is 0 Å². The number of imidazole rings is 1. The highest BCUT2D eigenvalue weighted by Crippen LogP contribution is 2.19. The minimum atomic E-state index is -0.668. The van der Waals surface area contributed by atoms with Crippen molar-refractivity contribution < 1.29 is 13.3 Å². The van der Waals surface area contributed by atoms with E-state index in [1.54, 1.807) is 11.5 Å². The van der Waals surface area contributed by atoms with Crippen molar-refractivity contribution in [1.82, 2.24) is 19.7 Å². The van der Waals surface area contributed by atoms with Gasteiger partial charge in [-0.05, 0) is 25.2 Å². The van der Waals surface area contributed by atoms with Crippen LogP contribution >= 0.6 is 12.2 Å². The van der Waals surface area contributed by atoms with Gasteiger partial charge < -0.3 is 14.1 Å². The number of hydrogen-bond acceptors (Lipinski definition) is 4. The highest BCUT2D eigenvalue weighted by Gasteiger charge is 2.12. The molecule has 0 radical (unpaired) electrons. The maximum atomic E-state index is 13.6. The number of fused-ring (bicyclic) bond motifs is 1. The Balaban J connectivity index is 1.98. The van der Waals surface area contributed by atoms with E-state index in [-0.39, 0.29) is 5.52 Å². The maximum absolute atomic E-state index is 13.6. The van der Waals surface area contributed by atoms with Gasteiger partial charge in [-0.1, -0.05) is 5.16 Å². The number of rotatable bonds is 3. The lowest BCUT2D eigenvalue weighted by atomic mass is 10.3. The topological polar surface area (TPSA) is 59.6 Å². The Kier molecular flexibility index (Phi) is 3.09. The van der Waals surface area contributed by atoms with Crippen LogP contribution in [0.3, 0.4) is 0 Å². The summed E-state index contributed by atoms with van der Waals surface area (Å²) in [5, 5.41) is 3.68. The van der Waals surface area contributed by atoms with E-state index in [0.29, 0.717) is 35.0 Å². The zero-order valence-corrected chi connectivity index (χ0v) is 11.3. The first-order chi connectivity index (χ1) is 9.54. The molecule has 2 aromatic heterocycles. The highest BCUT2D eigenvalue weighted by molar-refractivity contribution is 7.71. The second-order valence-electron chi connectivity index (χ2n) is 4.35. The Morgan fingerprint density at radius 3 is 2.90 bits per heavy atom. The number of nitrogens with one attached hydrogen (secondary N) is 1. The fourth-order valence-electron chi connectivity index (χ4n) is 2.05. The number of aromatic amines is 1. The first kappa shape index (κ1) is 12.9. The quantitative estimate of drug-likeness (QED) is 0.755. The van der Waals surface area contributed by atoms with E-state index in [1.807, 2.05) is 0 Å². The molecule has 0 bridgehead atoms. The largest absolute Gasteiger partial charge is 0.339 e. The normalized spacial score (nSPS) is 11.3. The zero-order chi connectivity index (χ0) is 14.3. The van der Waals surface area contributed by atoms with E-state index >= 15 is 0 Å². The Bertz CT molecular complexity index is 836. The van der Waals surface area contributed by atoms with Crippen molar-refractivity contribution >= 4 is 23.3 Å². The molecule has 104 valence electrons. The van der Waals surface area contributed by atoms with E-state index < -0.39 is 11.6 Å². The second kappa shape index (κ2) is 4.78. The molecule has 0 saturated heterocycles. The molecule has 0 atom stereocenters. The van der Waals surface area contributed by atoms with Crippen molar-refractivity contribution in [1.29, 1.82) is 0 Å². The molecule has 0 fully saturated rings. The number of aryl methyl sites for hydroxylation is 3. The number of hydrogen-bond donors (Lipinski definition) is 1. The van der Waals surface area contributed by atoms with E-state index in [2.05, 4.69) is 15.1 Å². The van der Waals surface area contributed by atoms with Crippen molar-refractivity contribution in [2.75, 3.05) is 0 Å². The molecule has 1 N–H and O–H groups in total. The molecule has 5 nitrogen and oxygen atoms in total. The van der Waals surface area contributed by atoms with Gasteiger partial charge in [-0.25, -0.2) is 8.78 Å². The lowest BCUT2D eigenvalue weighted by molar-refractivity contribution is 0.369. The molecule has 0 spiro atoms. The predicted octanol–water partition coefficient (Wildman–Crippen LogP) is 2.91. The molecule has 0 aliphatic heterocycles. The van der Waals surface area contributed by atoms with Crippen LogP contribution in [-0.4, -0.2) is 19.7 Å². The summed E-state index contributed by atoms with van der Waals surface area (Å²) in [5.41, 5.74) is 0.571. The van der Waals surface area contributed by atoms with Crippen LogP contribution < -0.4 is 0 Å². The molecular formula is C12H10F2N4OS. The third kappa shape index (κ3) is 2.22. The molecule has 0 amide bonds. The van der Waals surface area contributed by atoms with Crippen LogP contribution in [0.5, 0.6) is 0 Å². The maximum Gasteiger partial charge on any atom is 0.228 e. The van der Waals surface area contributed by atoms with Crippen molar-refractivity contribution in [3.05, 3.63) is 40.3 Å². The van der Waals surface area contributed by atoms with Crippen LogP contribution in [0, 0.1) is 23.3 Å². The highest BCUT2D eigenvalue weighted by atomic mass is 32.1. The molecule has 8 heteroatoms. The molecule has 0 saturated carbocycles. The average Bonchev–Trinajstić information content (AvgIpc) is 2.91. The van der Waals surface area contributed by atoms with Crippen molar-refractivity contribution in [2.24, 2.45) is 0 Å². The smallest absolute Gasteiger partial charge is 0.228 e. The summed E-state index contributed by atoms with van der Waals surface area (Å²) in [6, 6.07) is 2.06. The van der Waals surface area contributed by atoms with Gasteiger partial charge in [-0.2, -0.15) is 4.98 Å². The minimum absolute atomic E-state index is 0.193. The molecule has 2 heterocycles. The Labute approximate surface area is 117 Å². The summed E-state index contributed by atoms with van der Waals surface area (Å²) in [7, 11) is 0. The Morgan fingerprint density at radius 2 is 2.20 bits per heavy atom. The van der Waals surface area contributed by atoms with Crippen molar-refractivity contribution in [2.45, 2.75) is 19.9 Å². The number of aromatic nitrogens is 4. The van der Waals surface area contributed by atoms with Gasteiger partial charge in [0, 0.05) is 19.0 Å². The third-order valence-electron chi connectivity index (χ3n) is 2.92. The number of benzene rings is 1. The lowest BCUT2D eigenvalue weighted by Crippen LogP contribution is -2.02. The molecule has 0 aliphatic rings. The average molecular weight is 296 g/mol. The second-order valence-corrected chi connectivity index (χ2v) is 4.74. The summed E-state index contributed by atoms with van der Waals surface area (Å²) >= 11 is 5.13. The molecule has 0 aliphatic carbocycles. The fourth-order valence-corrected chi connectivity index (χ4v) is 2.34. The van der Waals surface area contributed by atoms with Gasteiger partial charge in [0.25, 0.3) is 0 Å². The zero-order valence-electron chi connectivity index (χ0n) is 10.5. The van der Waals surface area contributed by atoms with Gasteiger partial charge in [-0.3, -0.25) is 0 Å². The predicted molar refractivity (Wildman–Crippen MR) is 69.8 cm³/mol. The SMILES string of the molecule is Cc1noc(CCn2c(=S)[nH]c3c(F)cc(F)cc32)n1. The number of H-pyrrole nitrogens is 1. The molecule has 3 rings (SSSR count). The van der Waals surface area contributed by atoms with E-state index in [4.69, 9.17) is 16.7 Å². The van der Waals surface area contributed by atoms with Gasteiger partial charge in [-0.15, -0.1) is 0 Å². The van der Waals surface area contributed by atoms with Crippen LogP contribution in [0.15, 0.2) is 16.7 Å². The van der Waals surface area contributed by atoms with E-state index in [1.165, 1.54) is 6.07 Å². The van der Waals surface area contributed by atoms with Crippen LogP contribution in [0.1, 0.15) is 11.7 Å². The van der Waals surface area contributed by atoms with Gasteiger partial charge in [0.05, 0.1) is 5.52 Å². The summed E-state index contributed by atoms with van der Waals surface area (Å²) in [6.45, 7) is 2.11. The number of halogens is 2. The number of nitrogens with zero attached hydrogens (tertiary/aromatic N) is 3. The third-order valence-corrected chi connectivity index (χ3v) is 3.24. The van der Waals surface area contributed by atoms with Gasteiger partial charge in [0.15, 0.2) is 16.4 Å². The van der Waals surface area contributed by atoms with Crippen LogP contribution in [-0.2, 0) is 13.0 Å². The van der Waals surface area contributed by atoms with Crippen molar-refractivity contribution in [3.8, 4) is 0 Å². The summed E-state index contributed by atoms with van der Waals surface area (Å²) in [5.74, 6) is -0.319. The van der Waals surface area contributed by atoms with E-state index in [9.17, 15) is 8.78 Å². The molecule has 20 heavy (non-hydrogen) atoms. The van der Waals surface area contributed by atoms with Gasteiger partial charge >= 0.3 is 0 Å². The fraction of sp³-hybridized carbons (Fsp3) is 0.250. The first-order valence-corrected chi connectivity index (χ1v) is 6.32. The molecule has 3 aromatic rings. The Morgan fingerprint density at radius 1 is 1.40 bits per heavy atom. The monoisotopic (exact) mass is 296 g/mol. The molecule has 0 unspecified atom stereocenters. The molecule has 1 aromatic carbocycles. The summed E-state index contributed by atoms with van der Waals surface area (Å²) in [4.78, 5) is 6.80. The van der Waals surface area contributed by atoms with Crippen LogP contribution in [0.4, 0.5) is 8.78 Å². The minimum Gasteiger partial charge on any atom is -0.339 e. The standard InChI is InChI=1S/C12H10F2N4OS/c1-6-15-10(19-17-6)2-3-18-9-5-7(13)4-8(14)11(9)16-12(18)20/h4-5H,2-3H2,1H3,(H,16,20). The summed E-state index contributed by atoms with van der Waals surface area (Å²) < 4.78 is 33.9. The Hall–Kier alpha value is -2.09. The van der Waals surface area contributed by atoms with Gasteiger partial charge in [0.2, 0.25) is 5.89 Å².